The van der Waals surface area contributed by atoms with Crippen LogP contribution < -0.4 is 19.5 Å². The molecule has 11 heteroatoms. The lowest BCUT2D eigenvalue weighted by molar-refractivity contribution is -0.608. The first-order chi connectivity index (χ1) is 14.3. The van der Waals surface area contributed by atoms with Gasteiger partial charge in [-0.15, -0.1) is 0 Å². The zero-order valence-corrected chi connectivity index (χ0v) is 15.8. The van der Waals surface area contributed by atoms with E-state index in [2.05, 4.69) is 10.3 Å². The molecule has 0 radical (unpaired) electrons. The minimum atomic E-state index is -1.36. The van der Waals surface area contributed by atoms with Crippen LogP contribution in [0.3, 0.4) is 0 Å². The summed E-state index contributed by atoms with van der Waals surface area (Å²) in [5.41, 5.74) is -0.0483. The molecule has 0 fully saturated rings. The standard InChI is InChI=1S/C18H11Cl2F2N3O4/c1-28-17-14(3-2-13(21)16(17)22)29-15-5-12(20)11(19)4-10(15)18(26)24-9-6-23-8-25(27)7-9/h2-8H,1H3,(H,24,26)/i1D. The third kappa shape index (κ3) is 4.47. The van der Waals surface area contributed by atoms with Gasteiger partial charge in [0.1, 0.15) is 17.6 Å². The van der Waals surface area contributed by atoms with Gasteiger partial charge in [-0.25, -0.2) is 9.12 Å². The summed E-state index contributed by atoms with van der Waals surface area (Å²) in [4.78, 5) is 16.4. The molecule has 0 unspecified atom stereocenters. The van der Waals surface area contributed by atoms with Crippen molar-refractivity contribution in [3.63, 3.8) is 0 Å². The number of aromatic nitrogens is 2. The van der Waals surface area contributed by atoms with Crippen LogP contribution in [-0.2, 0) is 0 Å². The van der Waals surface area contributed by atoms with Crippen molar-refractivity contribution in [3.05, 3.63) is 75.4 Å². The van der Waals surface area contributed by atoms with Gasteiger partial charge in [0.15, 0.2) is 17.8 Å². The number of methoxy groups -OCH3 is 1. The molecule has 0 aliphatic carbocycles. The first-order valence-electron chi connectivity index (χ1n) is 8.43. The smallest absolute Gasteiger partial charge is 0.289 e. The van der Waals surface area contributed by atoms with Crippen molar-refractivity contribution in [1.82, 2.24) is 4.98 Å². The van der Waals surface area contributed by atoms with E-state index >= 15 is 0 Å². The number of nitrogens with zero attached hydrogens (tertiary/aromatic N) is 2. The Kier molecular flexibility index (Phi) is 5.59. The van der Waals surface area contributed by atoms with E-state index in [1.54, 1.807) is 0 Å². The van der Waals surface area contributed by atoms with Crippen LogP contribution in [0.4, 0.5) is 14.5 Å². The highest BCUT2D eigenvalue weighted by Crippen LogP contribution is 2.39. The summed E-state index contributed by atoms with van der Waals surface area (Å²) in [6.07, 6.45) is 3.29. The molecule has 150 valence electrons. The van der Waals surface area contributed by atoms with E-state index in [1.165, 1.54) is 18.3 Å². The van der Waals surface area contributed by atoms with Gasteiger partial charge in [-0.1, -0.05) is 28.2 Å². The molecule has 0 bridgehead atoms. The number of halogens is 4. The third-order valence-electron chi connectivity index (χ3n) is 3.56. The van der Waals surface area contributed by atoms with Crippen molar-refractivity contribution in [2.75, 3.05) is 12.4 Å². The fourth-order valence-electron chi connectivity index (χ4n) is 2.28. The second-order valence-corrected chi connectivity index (χ2v) is 6.30. The summed E-state index contributed by atoms with van der Waals surface area (Å²) in [5, 5.41) is 13.8. The van der Waals surface area contributed by atoms with Gasteiger partial charge in [-0.3, -0.25) is 4.79 Å². The Morgan fingerprint density at radius 1 is 1.28 bits per heavy atom. The molecule has 3 aromatic rings. The van der Waals surface area contributed by atoms with Crippen molar-refractivity contribution < 1.29 is 29.2 Å². The maximum absolute atomic E-state index is 14.1. The molecule has 0 spiro atoms. The number of hydrogen-bond acceptors (Lipinski definition) is 5. The monoisotopic (exact) mass is 442 g/mol. The van der Waals surface area contributed by atoms with Gasteiger partial charge in [0.05, 0.1) is 24.1 Å². The number of carbonyl (C=O) groups excluding carboxylic acids is 1. The highest BCUT2D eigenvalue weighted by molar-refractivity contribution is 6.42. The van der Waals surface area contributed by atoms with Crippen LogP contribution in [0, 0.1) is 16.8 Å². The number of amides is 1. The Balaban J connectivity index is 2.01. The average Bonchev–Trinajstić information content (AvgIpc) is 2.70. The summed E-state index contributed by atoms with van der Waals surface area (Å²) in [5.74, 6) is -4.43. The topological polar surface area (TPSA) is 87.4 Å². The molecule has 1 N–H and O–H groups in total. The van der Waals surface area contributed by atoms with E-state index < -0.39 is 30.4 Å². The first kappa shape index (κ1) is 19.2. The van der Waals surface area contributed by atoms with Gasteiger partial charge in [-0.2, -0.15) is 4.39 Å². The van der Waals surface area contributed by atoms with Gasteiger partial charge in [0, 0.05) is 6.07 Å². The van der Waals surface area contributed by atoms with Crippen LogP contribution >= 0.6 is 23.2 Å². The van der Waals surface area contributed by atoms with Crippen LogP contribution in [-0.4, -0.2) is 18.0 Å². The number of benzene rings is 2. The maximum atomic E-state index is 14.1. The Bertz CT molecular complexity index is 1120. The Labute approximate surface area is 174 Å². The molecule has 0 atom stereocenters. The molecule has 2 aromatic carbocycles. The molecule has 0 saturated carbocycles. The summed E-state index contributed by atoms with van der Waals surface area (Å²) in [6.45, 7) is 0. The van der Waals surface area contributed by atoms with Crippen LogP contribution in [0.25, 0.3) is 0 Å². The van der Waals surface area contributed by atoms with Gasteiger partial charge in [0.25, 0.3) is 12.2 Å². The predicted octanol–water partition coefficient (Wildman–Crippen LogP) is 4.35. The van der Waals surface area contributed by atoms with Crippen molar-refractivity contribution in [2.24, 2.45) is 0 Å². The summed E-state index contributed by atoms with van der Waals surface area (Å²) in [6, 6.07) is 4.25. The SMILES string of the molecule is [2H]COc1c(Oc2cc(Cl)c(Cl)cc2C(=O)Nc2cnc[n+]([O-])c2)ccc(F)c1F. The zero-order chi connectivity index (χ0) is 21.8. The Hall–Kier alpha value is -3.17. The van der Waals surface area contributed by atoms with E-state index in [0.29, 0.717) is 4.73 Å². The highest BCUT2D eigenvalue weighted by Gasteiger charge is 2.21. The van der Waals surface area contributed by atoms with E-state index in [9.17, 15) is 18.8 Å². The number of rotatable bonds is 5. The summed E-state index contributed by atoms with van der Waals surface area (Å²) in [7, 11) is -0.707. The molecular formula is C18H11Cl2F2N3O4. The Morgan fingerprint density at radius 3 is 2.76 bits per heavy atom. The molecule has 29 heavy (non-hydrogen) atoms. The van der Waals surface area contributed by atoms with Crippen LogP contribution in [0.2, 0.25) is 10.0 Å². The number of carbonyl (C=O) groups is 1. The van der Waals surface area contributed by atoms with Crippen molar-refractivity contribution in [3.8, 4) is 17.2 Å². The number of nitrogens with one attached hydrogen (secondary N) is 1. The molecule has 0 saturated heterocycles. The number of ether oxygens (including phenoxy) is 2. The molecule has 1 amide bonds. The molecule has 1 aromatic heterocycles. The van der Waals surface area contributed by atoms with Gasteiger partial charge in [0.2, 0.25) is 11.6 Å². The quantitative estimate of drug-likeness (QED) is 0.468. The van der Waals surface area contributed by atoms with E-state index in [0.717, 1.165) is 24.7 Å². The maximum Gasteiger partial charge on any atom is 0.289 e. The second-order valence-electron chi connectivity index (χ2n) is 5.49. The molecule has 0 aliphatic rings. The third-order valence-corrected chi connectivity index (χ3v) is 4.29. The molecule has 1 heterocycles. The van der Waals surface area contributed by atoms with Gasteiger partial charge < -0.3 is 20.0 Å². The lowest BCUT2D eigenvalue weighted by atomic mass is 10.1. The lowest BCUT2D eigenvalue weighted by Gasteiger charge is -2.15. The largest absolute Gasteiger partial charge is 0.711 e. The van der Waals surface area contributed by atoms with Crippen LogP contribution in [0.1, 0.15) is 11.7 Å². The lowest BCUT2D eigenvalue weighted by Crippen LogP contribution is -2.26. The first-order valence-corrected chi connectivity index (χ1v) is 8.48. The van der Waals surface area contributed by atoms with Gasteiger partial charge >= 0.3 is 0 Å². The molecule has 0 aliphatic heterocycles. The summed E-state index contributed by atoms with van der Waals surface area (Å²) >= 11 is 12.0. The van der Waals surface area contributed by atoms with Crippen molar-refractivity contribution in [1.29, 1.82) is 0 Å². The van der Waals surface area contributed by atoms with E-state index in [1.807, 2.05) is 0 Å². The van der Waals surface area contributed by atoms with Gasteiger partial charge in [-0.05, 0) is 18.2 Å². The van der Waals surface area contributed by atoms with Crippen LogP contribution in [0.15, 0.2) is 43.0 Å². The average molecular weight is 443 g/mol. The van der Waals surface area contributed by atoms with Crippen molar-refractivity contribution in [2.45, 2.75) is 0 Å². The normalized spacial score (nSPS) is 11.0. The molecule has 7 nitrogen and oxygen atoms in total. The number of hydrogen-bond donors (Lipinski definition) is 1. The fourth-order valence-corrected chi connectivity index (χ4v) is 2.60. The fraction of sp³-hybridized carbons (Fsp3) is 0.0556. The van der Waals surface area contributed by atoms with E-state index in [4.69, 9.17) is 34.0 Å². The minimum absolute atomic E-state index is 0.0205. The highest BCUT2D eigenvalue weighted by atomic mass is 35.5. The Morgan fingerprint density at radius 2 is 2.03 bits per heavy atom. The molecular weight excluding hydrogens is 431 g/mol. The minimum Gasteiger partial charge on any atom is -0.711 e. The molecule has 3 rings (SSSR count). The second kappa shape index (κ2) is 8.46. The summed E-state index contributed by atoms with van der Waals surface area (Å²) < 4.78 is 45.4. The zero-order valence-electron chi connectivity index (χ0n) is 15.3. The predicted molar refractivity (Wildman–Crippen MR) is 101 cm³/mol. The number of anilines is 1. The van der Waals surface area contributed by atoms with E-state index in [-0.39, 0.29) is 32.8 Å². The van der Waals surface area contributed by atoms with Crippen molar-refractivity contribution >= 4 is 34.8 Å². The van der Waals surface area contributed by atoms with Crippen LogP contribution in [0.5, 0.6) is 17.2 Å².